The van der Waals surface area contributed by atoms with E-state index in [4.69, 9.17) is 16.9 Å². The third kappa shape index (κ3) is 5.79. The Bertz CT molecular complexity index is 1450. The van der Waals surface area contributed by atoms with Crippen LogP contribution in [0.25, 0.3) is 32.8 Å². The van der Waals surface area contributed by atoms with Crippen molar-refractivity contribution < 1.29 is 0 Å². The summed E-state index contributed by atoms with van der Waals surface area (Å²) in [6.07, 6.45) is 5.42. The molecule has 1 heterocycles. The van der Waals surface area contributed by atoms with Crippen LogP contribution < -0.4 is 5.32 Å². The zero-order valence-electron chi connectivity index (χ0n) is 18.6. The van der Waals surface area contributed by atoms with Gasteiger partial charge in [0.05, 0.1) is 12.2 Å². The lowest BCUT2D eigenvalue weighted by Gasteiger charge is -2.12. The lowest BCUT2D eigenvalue weighted by Crippen LogP contribution is -2.07. The normalized spacial score (nSPS) is 10.0. The molecular weight excluding hydrogens is 454 g/mol. The van der Waals surface area contributed by atoms with Crippen molar-refractivity contribution in [3.63, 3.8) is 0 Å². The lowest BCUT2D eigenvalue weighted by atomic mass is 10.0. The fourth-order valence-electron chi connectivity index (χ4n) is 3.39. The Morgan fingerprint density at radius 1 is 0.943 bits per heavy atom. The second-order valence-electron chi connectivity index (χ2n) is 7.34. The first-order valence-electron chi connectivity index (χ1n) is 10.6. The number of anilines is 1. The minimum absolute atomic E-state index is 0.239. The van der Waals surface area contributed by atoms with Gasteiger partial charge in [0.2, 0.25) is 0 Å². The van der Waals surface area contributed by atoms with Crippen LogP contribution in [0.3, 0.4) is 0 Å². The van der Waals surface area contributed by atoms with Gasteiger partial charge in [-0.05, 0) is 22.2 Å². The Morgan fingerprint density at radius 3 is 2.29 bits per heavy atom. The van der Waals surface area contributed by atoms with Crippen LogP contribution in [0, 0.1) is 23.7 Å². The second-order valence-corrected chi connectivity index (χ2v) is 8.28. The molecular formula is C27H19N7S. The van der Waals surface area contributed by atoms with Crippen molar-refractivity contribution in [2.75, 3.05) is 11.9 Å². The molecule has 1 N–H and O–H groups in total. The van der Waals surface area contributed by atoms with Crippen LogP contribution in [0.2, 0.25) is 0 Å². The van der Waals surface area contributed by atoms with E-state index in [9.17, 15) is 5.26 Å². The van der Waals surface area contributed by atoms with Crippen molar-refractivity contribution in [1.29, 1.82) is 5.26 Å². The number of nitrogens with one attached hydrogen (secondary N) is 1. The van der Waals surface area contributed by atoms with Crippen molar-refractivity contribution in [1.82, 2.24) is 9.97 Å². The molecule has 1 aromatic heterocycles. The average molecular weight is 474 g/mol. The number of nitriles is 1. The topological polar surface area (TPSA) is 110 Å². The summed E-state index contributed by atoms with van der Waals surface area (Å²) >= 11 is 1.44. The molecule has 0 fully saturated rings. The highest BCUT2D eigenvalue weighted by Gasteiger charge is 2.16. The number of nitrogens with zero attached hydrogens (tertiary/aromatic N) is 6. The summed E-state index contributed by atoms with van der Waals surface area (Å²) in [5.41, 5.74) is 14.0. The van der Waals surface area contributed by atoms with E-state index < -0.39 is 0 Å². The second kappa shape index (κ2) is 11.4. The molecule has 4 rings (SSSR count). The molecule has 3 aromatic carbocycles. The molecule has 0 bridgehead atoms. The quantitative estimate of drug-likeness (QED) is 0.0742. The minimum atomic E-state index is 0.239. The van der Waals surface area contributed by atoms with Gasteiger partial charge in [-0.25, -0.2) is 9.97 Å². The summed E-state index contributed by atoms with van der Waals surface area (Å²) in [5.74, 6) is 3.53. The molecule has 0 atom stereocenters. The Balaban J connectivity index is 1.66. The third-order valence-electron chi connectivity index (χ3n) is 5.09. The molecule has 35 heavy (non-hydrogen) atoms. The van der Waals surface area contributed by atoms with E-state index in [-0.39, 0.29) is 6.54 Å². The molecule has 0 aliphatic heterocycles. The highest BCUT2D eigenvalue weighted by Crippen LogP contribution is 2.31. The zero-order valence-corrected chi connectivity index (χ0v) is 19.4. The monoisotopic (exact) mass is 473 g/mol. The van der Waals surface area contributed by atoms with Crippen LogP contribution in [0.4, 0.5) is 11.5 Å². The summed E-state index contributed by atoms with van der Waals surface area (Å²) in [7, 11) is 0. The summed E-state index contributed by atoms with van der Waals surface area (Å²) in [6.45, 7) is 0.239. The highest BCUT2D eigenvalue weighted by atomic mass is 32.2. The molecule has 0 saturated heterocycles. The summed E-state index contributed by atoms with van der Waals surface area (Å²) in [4.78, 5) is 12.1. The molecule has 0 saturated carbocycles. The Labute approximate surface area is 207 Å². The van der Waals surface area contributed by atoms with E-state index in [2.05, 4.69) is 44.4 Å². The Hall–Kier alpha value is -4.75. The van der Waals surface area contributed by atoms with Gasteiger partial charge >= 0.3 is 0 Å². The summed E-state index contributed by atoms with van der Waals surface area (Å²) < 4.78 is 0. The van der Waals surface area contributed by atoms with Crippen molar-refractivity contribution in [3.05, 3.63) is 100 Å². The number of hydrogen-bond acceptors (Lipinski definition) is 6. The van der Waals surface area contributed by atoms with Gasteiger partial charge in [0, 0.05) is 21.9 Å². The predicted molar refractivity (Wildman–Crippen MR) is 140 cm³/mol. The molecule has 168 valence electrons. The van der Waals surface area contributed by atoms with Crippen LogP contribution in [-0.4, -0.2) is 16.5 Å². The largest absolute Gasteiger partial charge is 0.358 e. The molecule has 8 heteroatoms. The standard InChI is InChI=1S/C27H19N7S/c1-2-16-30-26-24(17-28)25(22-12-10-21(11-13-22)20-6-4-3-5-7-20)31-27(32-26)35-18-19-8-14-23(15-9-19)33-34-29/h1,3-15H,16,18H2,(H,30,31,32). The predicted octanol–water partition coefficient (Wildman–Crippen LogP) is 6.96. The van der Waals surface area contributed by atoms with E-state index in [1.54, 1.807) is 12.1 Å². The van der Waals surface area contributed by atoms with E-state index >= 15 is 0 Å². The molecule has 4 aromatic rings. The molecule has 0 spiro atoms. The van der Waals surface area contributed by atoms with E-state index in [1.165, 1.54) is 11.8 Å². The molecule has 0 aliphatic carbocycles. The molecule has 0 amide bonds. The fourth-order valence-corrected chi connectivity index (χ4v) is 4.19. The maximum atomic E-state index is 9.90. The van der Waals surface area contributed by atoms with Gasteiger partial charge in [-0.2, -0.15) is 5.26 Å². The van der Waals surface area contributed by atoms with Gasteiger partial charge in [0.25, 0.3) is 0 Å². The molecule has 7 nitrogen and oxygen atoms in total. The van der Waals surface area contributed by atoms with Gasteiger partial charge in [0.15, 0.2) is 5.16 Å². The first-order valence-corrected chi connectivity index (χ1v) is 11.6. The van der Waals surface area contributed by atoms with Crippen molar-refractivity contribution in [2.24, 2.45) is 5.11 Å². The van der Waals surface area contributed by atoms with E-state index in [0.717, 1.165) is 22.3 Å². The minimum Gasteiger partial charge on any atom is -0.358 e. The SMILES string of the molecule is C#CCNc1nc(SCc2ccc(N=[N+]=[N-])cc2)nc(-c2ccc(-c3ccccc3)cc2)c1C#N. The number of azide groups is 1. The van der Waals surface area contributed by atoms with Gasteiger partial charge in [-0.3, -0.25) is 0 Å². The van der Waals surface area contributed by atoms with Gasteiger partial charge in [0.1, 0.15) is 17.5 Å². The fraction of sp³-hybridized carbons (Fsp3) is 0.0741. The van der Waals surface area contributed by atoms with Crippen LogP contribution in [0.1, 0.15) is 11.1 Å². The van der Waals surface area contributed by atoms with Crippen LogP contribution in [0.15, 0.2) is 89.1 Å². The maximum absolute atomic E-state index is 9.90. The number of terminal acetylenes is 1. The van der Waals surface area contributed by atoms with Crippen molar-refractivity contribution in [2.45, 2.75) is 10.9 Å². The van der Waals surface area contributed by atoms with Crippen molar-refractivity contribution in [3.8, 4) is 40.8 Å². The summed E-state index contributed by atoms with van der Waals surface area (Å²) in [5, 5.41) is 17.1. The number of hydrogen-bond donors (Lipinski definition) is 1. The number of benzene rings is 3. The Kier molecular flexibility index (Phi) is 7.63. The molecule has 0 radical (unpaired) electrons. The van der Waals surface area contributed by atoms with E-state index in [1.807, 2.05) is 54.6 Å². The smallest absolute Gasteiger partial charge is 0.190 e. The third-order valence-corrected chi connectivity index (χ3v) is 6.01. The lowest BCUT2D eigenvalue weighted by molar-refractivity contribution is 0.964. The number of aromatic nitrogens is 2. The highest BCUT2D eigenvalue weighted by molar-refractivity contribution is 7.98. The first kappa shape index (κ1) is 23.4. The molecule has 0 unspecified atom stereocenters. The van der Waals surface area contributed by atoms with Crippen molar-refractivity contribution >= 4 is 23.3 Å². The van der Waals surface area contributed by atoms with Crippen LogP contribution in [-0.2, 0) is 5.75 Å². The number of thioether (sulfide) groups is 1. The zero-order chi connectivity index (χ0) is 24.5. The van der Waals surface area contributed by atoms with Gasteiger partial charge in [-0.15, -0.1) is 6.42 Å². The Morgan fingerprint density at radius 2 is 1.63 bits per heavy atom. The van der Waals surface area contributed by atoms with Crippen LogP contribution in [0.5, 0.6) is 0 Å². The van der Waals surface area contributed by atoms with Crippen LogP contribution >= 0.6 is 11.8 Å². The average Bonchev–Trinajstić information content (AvgIpc) is 2.92. The van der Waals surface area contributed by atoms with E-state index in [0.29, 0.717) is 33.7 Å². The van der Waals surface area contributed by atoms with Gasteiger partial charge in [-0.1, -0.05) is 102 Å². The maximum Gasteiger partial charge on any atom is 0.190 e. The first-order chi connectivity index (χ1) is 17.2. The number of rotatable bonds is 8. The summed E-state index contributed by atoms with van der Waals surface area (Å²) in [6, 6.07) is 27.6. The van der Waals surface area contributed by atoms with Gasteiger partial charge < -0.3 is 5.32 Å². The molecule has 0 aliphatic rings.